The van der Waals surface area contributed by atoms with Gasteiger partial charge in [0.15, 0.2) is 11.5 Å². The number of aromatic hydroxyl groups is 2. The second-order valence-electron chi connectivity index (χ2n) is 3.97. The number of nitrogens with zero attached hydrogens (tertiary/aromatic N) is 1. The predicted molar refractivity (Wildman–Crippen MR) is 69.7 cm³/mol. The van der Waals surface area contributed by atoms with Crippen LogP contribution in [0.25, 0.3) is 0 Å². The Bertz CT molecular complexity index is 430. The number of rotatable bonds is 6. The summed E-state index contributed by atoms with van der Waals surface area (Å²) in [4.78, 5) is 11.3. The van der Waals surface area contributed by atoms with Crippen molar-refractivity contribution in [1.82, 2.24) is 5.43 Å². The molecule has 0 aromatic heterocycles. The molecule has 5 heteroatoms. The van der Waals surface area contributed by atoms with Crippen LogP contribution >= 0.6 is 0 Å². The Morgan fingerprint density at radius 3 is 2.89 bits per heavy atom. The zero-order valence-electron chi connectivity index (χ0n) is 10.4. The highest BCUT2D eigenvalue weighted by molar-refractivity contribution is 5.86. The molecule has 0 heterocycles. The SMILES string of the molecule is CCCCCC(=O)NN=Cc1cccc(O)c1O. The summed E-state index contributed by atoms with van der Waals surface area (Å²) < 4.78 is 0. The van der Waals surface area contributed by atoms with Crippen molar-refractivity contribution in [2.45, 2.75) is 32.6 Å². The molecule has 0 saturated heterocycles. The van der Waals surface area contributed by atoms with E-state index in [0.717, 1.165) is 19.3 Å². The summed E-state index contributed by atoms with van der Waals surface area (Å²) in [5, 5.41) is 22.5. The van der Waals surface area contributed by atoms with Gasteiger partial charge in [0, 0.05) is 12.0 Å². The van der Waals surface area contributed by atoms with E-state index in [-0.39, 0.29) is 17.4 Å². The van der Waals surface area contributed by atoms with Gasteiger partial charge in [0.05, 0.1) is 6.21 Å². The van der Waals surface area contributed by atoms with Crippen molar-refractivity contribution < 1.29 is 15.0 Å². The van der Waals surface area contributed by atoms with E-state index >= 15 is 0 Å². The lowest BCUT2D eigenvalue weighted by atomic mass is 10.2. The first kappa shape index (κ1) is 14.0. The number of hydrogen-bond donors (Lipinski definition) is 3. The summed E-state index contributed by atoms with van der Waals surface area (Å²) in [7, 11) is 0. The molecule has 1 rings (SSSR count). The normalized spacial score (nSPS) is 10.7. The van der Waals surface area contributed by atoms with E-state index in [2.05, 4.69) is 17.5 Å². The van der Waals surface area contributed by atoms with Gasteiger partial charge >= 0.3 is 0 Å². The third-order valence-electron chi connectivity index (χ3n) is 2.45. The first-order valence-electron chi connectivity index (χ1n) is 5.98. The molecule has 0 radical (unpaired) electrons. The zero-order valence-corrected chi connectivity index (χ0v) is 10.4. The quantitative estimate of drug-likeness (QED) is 0.313. The molecule has 0 fully saturated rings. The Hall–Kier alpha value is -2.04. The molecule has 0 aliphatic rings. The number of hydrazone groups is 1. The second-order valence-corrected chi connectivity index (χ2v) is 3.97. The first-order valence-corrected chi connectivity index (χ1v) is 5.98. The molecule has 1 amide bonds. The van der Waals surface area contributed by atoms with Crippen molar-refractivity contribution in [1.29, 1.82) is 0 Å². The summed E-state index contributed by atoms with van der Waals surface area (Å²) in [5.74, 6) is -0.617. The number of para-hydroxylation sites is 1. The minimum absolute atomic E-state index is 0.153. The van der Waals surface area contributed by atoms with Gasteiger partial charge in [-0.05, 0) is 18.6 Å². The van der Waals surface area contributed by atoms with E-state index in [1.165, 1.54) is 12.3 Å². The summed E-state index contributed by atoms with van der Waals surface area (Å²) in [6.07, 6.45) is 4.66. The van der Waals surface area contributed by atoms with Crippen LogP contribution in [0.2, 0.25) is 0 Å². The van der Waals surface area contributed by atoms with Crippen molar-refractivity contribution in [3.63, 3.8) is 0 Å². The van der Waals surface area contributed by atoms with Gasteiger partial charge in [-0.3, -0.25) is 4.79 Å². The molecule has 1 aromatic carbocycles. The van der Waals surface area contributed by atoms with Crippen LogP contribution in [0.5, 0.6) is 11.5 Å². The standard InChI is InChI=1S/C13H18N2O3/c1-2-3-4-8-12(17)15-14-9-10-6-5-7-11(16)13(10)18/h5-7,9,16,18H,2-4,8H2,1H3,(H,15,17). The molecule has 18 heavy (non-hydrogen) atoms. The van der Waals surface area contributed by atoms with Gasteiger partial charge in [-0.2, -0.15) is 5.10 Å². The number of nitrogens with one attached hydrogen (secondary N) is 1. The maximum Gasteiger partial charge on any atom is 0.240 e. The maximum atomic E-state index is 11.3. The molecular formula is C13H18N2O3. The molecule has 98 valence electrons. The summed E-state index contributed by atoms with van der Waals surface area (Å²) in [6, 6.07) is 4.54. The Kier molecular flexibility index (Phi) is 5.70. The van der Waals surface area contributed by atoms with E-state index in [9.17, 15) is 15.0 Å². The van der Waals surface area contributed by atoms with Crippen LogP contribution in [0.15, 0.2) is 23.3 Å². The number of carbonyl (C=O) groups is 1. The molecule has 0 saturated carbocycles. The molecular weight excluding hydrogens is 232 g/mol. The molecule has 0 aliphatic carbocycles. The average molecular weight is 250 g/mol. The second kappa shape index (κ2) is 7.32. The summed E-state index contributed by atoms with van der Waals surface area (Å²) in [5.41, 5.74) is 2.73. The lowest BCUT2D eigenvalue weighted by Gasteiger charge is -2.01. The van der Waals surface area contributed by atoms with Crippen LogP contribution in [-0.2, 0) is 4.79 Å². The van der Waals surface area contributed by atoms with Gasteiger partial charge in [-0.25, -0.2) is 5.43 Å². The Morgan fingerprint density at radius 2 is 2.17 bits per heavy atom. The molecule has 0 spiro atoms. The van der Waals surface area contributed by atoms with Crippen LogP contribution < -0.4 is 5.43 Å². The molecule has 3 N–H and O–H groups in total. The number of phenolic OH excluding ortho intramolecular Hbond substituents is 2. The number of hydrogen-bond acceptors (Lipinski definition) is 4. The van der Waals surface area contributed by atoms with Gasteiger partial charge in [-0.1, -0.05) is 25.8 Å². The minimum atomic E-state index is -0.249. The Balaban J connectivity index is 2.45. The smallest absolute Gasteiger partial charge is 0.240 e. The Morgan fingerprint density at radius 1 is 1.39 bits per heavy atom. The van der Waals surface area contributed by atoms with Crippen LogP contribution in [0.1, 0.15) is 38.2 Å². The van der Waals surface area contributed by atoms with Crippen molar-refractivity contribution in [2.24, 2.45) is 5.10 Å². The highest BCUT2D eigenvalue weighted by atomic mass is 16.3. The molecule has 0 atom stereocenters. The van der Waals surface area contributed by atoms with E-state index in [1.807, 2.05) is 0 Å². The van der Waals surface area contributed by atoms with Crippen molar-refractivity contribution in [3.8, 4) is 11.5 Å². The zero-order chi connectivity index (χ0) is 13.4. The van der Waals surface area contributed by atoms with Crippen molar-refractivity contribution in [3.05, 3.63) is 23.8 Å². The van der Waals surface area contributed by atoms with Gasteiger partial charge in [-0.15, -0.1) is 0 Å². The highest BCUT2D eigenvalue weighted by Gasteiger charge is 2.03. The topological polar surface area (TPSA) is 81.9 Å². The molecule has 0 aliphatic heterocycles. The summed E-state index contributed by atoms with van der Waals surface area (Å²) >= 11 is 0. The average Bonchev–Trinajstić information content (AvgIpc) is 2.35. The van der Waals surface area contributed by atoms with E-state index in [1.54, 1.807) is 12.1 Å². The number of benzene rings is 1. The largest absolute Gasteiger partial charge is 0.504 e. The fourth-order valence-electron chi connectivity index (χ4n) is 1.42. The van der Waals surface area contributed by atoms with E-state index in [0.29, 0.717) is 12.0 Å². The van der Waals surface area contributed by atoms with Crippen LogP contribution in [0.3, 0.4) is 0 Å². The molecule has 5 nitrogen and oxygen atoms in total. The number of carbonyl (C=O) groups excluding carboxylic acids is 1. The lowest BCUT2D eigenvalue weighted by Crippen LogP contribution is -2.16. The van der Waals surface area contributed by atoms with Crippen LogP contribution in [0, 0.1) is 0 Å². The van der Waals surface area contributed by atoms with Gasteiger partial charge < -0.3 is 10.2 Å². The minimum Gasteiger partial charge on any atom is -0.504 e. The monoisotopic (exact) mass is 250 g/mol. The van der Waals surface area contributed by atoms with Crippen LogP contribution in [0.4, 0.5) is 0 Å². The number of unbranched alkanes of at least 4 members (excludes halogenated alkanes) is 2. The third kappa shape index (κ3) is 4.45. The predicted octanol–water partition coefficient (Wildman–Crippen LogP) is 2.13. The number of phenols is 2. The van der Waals surface area contributed by atoms with Crippen LogP contribution in [-0.4, -0.2) is 22.3 Å². The fraction of sp³-hybridized carbons (Fsp3) is 0.385. The van der Waals surface area contributed by atoms with E-state index < -0.39 is 0 Å². The third-order valence-corrected chi connectivity index (χ3v) is 2.45. The lowest BCUT2D eigenvalue weighted by molar-refractivity contribution is -0.121. The van der Waals surface area contributed by atoms with Gasteiger partial charge in [0.2, 0.25) is 5.91 Å². The number of amides is 1. The first-order chi connectivity index (χ1) is 8.65. The Labute approximate surface area is 106 Å². The molecule has 1 aromatic rings. The summed E-state index contributed by atoms with van der Waals surface area (Å²) in [6.45, 7) is 2.07. The molecule has 0 bridgehead atoms. The van der Waals surface area contributed by atoms with Gasteiger partial charge in [0.1, 0.15) is 0 Å². The van der Waals surface area contributed by atoms with Crippen molar-refractivity contribution in [2.75, 3.05) is 0 Å². The molecule has 0 unspecified atom stereocenters. The van der Waals surface area contributed by atoms with E-state index in [4.69, 9.17) is 0 Å². The van der Waals surface area contributed by atoms with Gasteiger partial charge in [0.25, 0.3) is 0 Å². The highest BCUT2D eigenvalue weighted by Crippen LogP contribution is 2.26. The maximum absolute atomic E-state index is 11.3. The fourth-order valence-corrected chi connectivity index (χ4v) is 1.42. The van der Waals surface area contributed by atoms with Crippen molar-refractivity contribution >= 4 is 12.1 Å².